The van der Waals surface area contributed by atoms with E-state index in [1.54, 1.807) is 6.92 Å². The SMILES string of the molecule is CCOOP(=O)(CC=C(NC(C)=O)C(=O)O)OC. The van der Waals surface area contributed by atoms with Crippen LogP contribution in [0.15, 0.2) is 11.8 Å². The average Bonchev–Trinajstić information content (AvgIpc) is 2.31. The number of rotatable bonds is 8. The molecule has 0 aromatic heterocycles. The van der Waals surface area contributed by atoms with E-state index in [4.69, 9.17) is 5.11 Å². The molecule has 0 aromatic rings. The molecule has 0 radical (unpaired) electrons. The van der Waals surface area contributed by atoms with E-state index in [1.165, 1.54) is 0 Å². The molecule has 104 valence electrons. The van der Waals surface area contributed by atoms with Gasteiger partial charge in [-0.2, -0.15) is 0 Å². The monoisotopic (exact) mass is 281 g/mol. The second kappa shape index (κ2) is 7.99. The second-order valence-electron chi connectivity index (χ2n) is 3.06. The molecule has 9 heteroatoms. The van der Waals surface area contributed by atoms with E-state index < -0.39 is 25.2 Å². The van der Waals surface area contributed by atoms with Gasteiger partial charge in [-0.1, -0.05) is 0 Å². The van der Waals surface area contributed by atoms with Gasteiger partial charge < -0.3 is 14.9 Å². The predicted molar refractivity (Wildman–Crippen MR) is 61.7 cm³/mol. The Morgan fingerprint density at radius 1 is 1.44 bits per heavy atom. The van der Waals surface area contributed by atoms with Crippen LogP contribution in [-0.4, -0.2) is 36.9 Å². The zero-order valence-corrected chi connectivity index (χ0v) is 11.2. The minimum absolute atomic E-state index is 0.161. The standard InChI is InChI=1S/C9H16NO7P/c1-4-16-17-18(14,15-3)6-5-8(9(12)13)10-7(2)11/h5H,4,6H2,1-3H3,(H,10,11)(H,12,13). The molecule has 0 spiro atoms. The molecule has 8 nitrogen and oxygen atoms in total. The van der Waals surface area contributed by atoms with Crippen molar-refractivity contribution < 1.29 is 33.3 Å². The molecule has 0 aliphatic carbocycles. The molecule has 18 heavy (non-hydrogen) atoms. The fourth-order valence-electron chi connectivity index (χ4n) is 0.853. The summed E-state index contributed by atoms with van der Waals surface area (Å²) in [5, 5.41) is 10.9. The van der Waals surface area contributed by atoms with E-state index >= 15 is 0 Å². The lowest BCUT2D eigenvalue weighted by molar-refractivity contribution is -0.209. The Labute approximate surface area is 104 Å². The Hall–Kier alpha value is -1.21. The van der Waals surface area contributed by atoms with Crippen molar-refractivity contribution in [1.82, 2.24) is 5.32 Å². The number of carbonyl (C=O) groups is 2. The first-order valence-electron chi connectivity index (χ1n) is 5.01. The number of amides is 1. The van der Waals surface area contributed by atoms with Crippen molar-refractivity contribution in [3.05, 3.63) is 11.8 Å². The van der Waals surface area contributed by atoms with Gasteiger partial charge in [0, 0.05) is 14.0 Å². The number of hydrogen-bond acceptors (Lipinski definition) is 6. The quantitative estimate of drug-likeness (QED) is 0.294. The molecule has 1 unspecified atom stereocenters. The Kier molecular flexibility index (Phi) is 7.45. The highest BCUT2D eigenvalue weighted by Gasteiger charge is 2.24. The summed E-state index contributed by atoms with van der Waals surface area (Å²) in [6.45, 7) is 2.94. The molecule has 0 saturated carbocycles. The molecule has 0 heterocycles. The van der Waals surface area contributed by atoms with Crippen molar-refractivity contribution in [3.8, 4) is 0 Å². The number of nitrogens with one attached hydrogen (secondary N) is 1. The van der Waals surface area contributed by atoms with Crippen LogP contribution >= 0.6 is 7.60 Å². The van der Waals surface area contributed by atoms with Crippen LogP contribution in [0, 0.1) is 0 Å². The van der Waals surface area contributed by atoms with Gasteiger partial charge in [-0.3, -0.25) is 9.36 Å². The van der Waals surface area contributed by atoms with E-state index in [2.05, 4.69) is 19.4 Å². The van der Waals surface area contributed by atoms with E-state index in [-0.39, 0.29) is 12.8 Å². The smallest absolute Gasteiger partial charge is 0.361 e. The van der Waals surface area contributed by atoms with Gasteiger partial charge >= 0.3 is 13.6 Å². The van der Waals surface area contributed by atoms with Crippen LogP contribution in [0.2, 0.25) is 0 Å². The second-order valence-corrected chi connectivity index (χ2v) is 5.16. The summed E-state index contributed by atoms with van der Waals surface area (Å²) in [6, 6.07) is 0. The first-order valence-corrected chi connectivity index (χ1v) is 6.74. The number of aliphatic carboxylic acids is 1. The summed E-state index contributed by atoms with van der Waals surface area (Å²) in [6.07, 6.45) is 0.693. The van der Waals surface area contributed by atoms with E-state index in [0.717, 1.165) is 20.1 Å². The van der Waals surface area contributed by atoms with E-state index in [0.29, 0.717) is 0 Å². The zero-order chi connectivity index (χ0) is 14.2. The molecular formula is C9H16NO7P. The number of carboxylic acid groups (broad SMARTS) is 1. The van der Waals surface area contributed by atoms with Crippen LogP contribution in [0.25, 0.3) is 0 Å². The first-order chi connectivity index (χ1) is 8.34. The van der Waals surface area contributed by atoms with Crippen LogP contribution < -0.4 is 5.32 Å². The topological polar surface area (TPSA) is 111 Å². The fourth-order valence-corrected chi connectivity index (χ4v) is 1.80. The van der Waals surface area contributed by atoms with E-state index in [1.807, 2.05) is 0 Å². The van der Waals surface area contributed by atoms with Gasteiger partial charge in [0.1, 0.15) is 5.70 Å². The maximum atomic E-state index is 11.8. The summed E-state index contributed by atoms with van der Waals surface area (Å²) in [7, 11) is -2.42. The highest BCUT2D eigenvalue weighted by Crippen LogP contribution is 2.47. The number of carbonyl (C=O) groups excluding carboxylic acids is 1. The molecule has 0 aromatic carbocycles. The number of allylic oxidation sites excluding steroid dienone is 1. The third kappa shape index (κ3) is 6.51. The van der Waals surface area contributed by atoms with Crippen molar-refractivity contribution in [2.24, 2.45) is 0 Å². The molecule has 1 atom stereocenters. The minimum Gasteiger partial charge on any atom is -0.477 e. The molecule has 0 rings (SSSR count). The lowest BCUT2D eigenvalue weighted by Gasteiger charge is -2.13. The van der Waals surface area contributed by atoms with Crippen LogP contribution in [-0.2, 0) is 28.2 Å². The van der Waals surface area contributed by atoms with Gasteiger partial charge in [0.25, 0.3) is 0 Å². The first kappa shape index (κ1) is 16.8. The summed E-state index contributed by atoms with van der Waals surface area (Å²) in [4.78, 5) is 26.0. The Morgan fingerprint density at radius 2 is 2.06 bits per heavy atom. The maximum absolute atomic E-state index is 11.8. The Bertz CT molecular complexity index is 379. The Balaban J connectivity index is 4.76. The van der Waals surface area contributed by atoms with Crippen molar-refractivity contribution in [2.45, 2.75) is 13.8 Å². The van der Waals surface area contributed by atoms with Crippen molar-refractivity contribution in [2.75, 3.05) is 19.9 Å². The van der Waals surface area contributed by atoms with Gasteiger partial charge in [-0.05, 0) is 13.0 Å². The third-order valence-corrected chi connectivity index (χ3v) is 3.14. The van der Waals surface area contributed by atoms with Gasteiger partial charge in [-0.15, -0.1) is 4.67 Å². The highest BCUT2D eigenvalue weighted by atomic mass is 31.2. The lowest BCUT2D eigenvalue weighted by atomic mass is 10.4. The van der Waals surface area contributed by atoms with Crippen LogP contribution in [0.3, 0.4) is 0 Å². The molecule has 0 fully saturated rings. The largest absolute Gasteiger partial charge is 0.477 e. The number of hydrogen-bond donors (Lipinski definition) is 2. The fraction of sp³-hybridized carbons (Fsp3) is 0.556. The summed E-state index contributed by atoms with van der Waals surface area (Å²) >= 11 is 0. The number of carboxylic acids is 1. The molecule has 0 aliphatic heterocycles. The molecule has 0 saturated heterocycles. The lowest BCUT2D eigenvalue weighted by Crippen LogP contribution is -2.25. The molecule has 2 N–H and O–H groups in total. The molecular weight excluding hydrogens is 265 g/mol. The molecule has 0 aliphatic rings. The van der Waals surface area contributed by atoms with Gasteiger partial charge in [-0.25, -0.2) is 9.68 Å². The van der Waals surface area contributed by atoms with Crippen molar-refractivity contribution in [1.29, 1.82) is 0 Å². The van der Waals surface area contributed by atoms with Crippen LogP contribution in [0.4, 0.5) is 0 Å². The molecule has 0 bridgehead atoms. The van der Waals surface area contributed by atoms with Gasteiger partial charge in [0.2, 0.25) is 5.91 Å². The molecule has 1 amide bonds. The summed E-state index contributed by atoms with van der Waals surface area (Å²) in [5.74, 6) is -1.91. The predicted octanol–water partition coefficient (Wildman–Crippen LogP) is 0.899. The van der Waals surface area contributed by atoms with Gasteiger partial charge in [0.15, 0.2) is 0 Å². The maximum Gasteiger partial charge on any atom is 0.361 e. The van der Waals surface area contributed by atoms with E-state index in [9.17, 15) is 14.2 Å². The zero-order valence-electron chi connectivity index (χ0n) is 10.3. The normalized spacial score (nSPS) is 14.9. The summed E-state index contributed by atoms with van der Waals surface area (Å²) < 4.78 is 21.0. The van der Waals surface area contributed by atoms with Crippen LogP contribution in [0.1, 0.15) is 13.8 Å². The van der Waals surface area contributed by atoms with Crippen molar-refractivity contribution >= 4 is 19.5 Å². The highest BCUT2D eigenvalue weighted by molar-refractivity contribution is 7.53. The third-order valence-electron chi connectivity index (χ3n) is 1.62. The summed E-state index contributed by atoms with van der Waals surface area (Å²) in [5.41, 5.74) is -0.403. The minimum atomic E-state index is -3.57. The van der Waals surface area contributed by atoms with Gasteiger partial charge in [0.05, 0.1) is 12.8 Å². The Morgan fingerprint density at radius 3 is 2.44 bits per heavy atom. The van der Waals surface area contributed by atoms with Crippen molar-refractivity contribution in [3.63, 3.8) is 0 Å². The van der Waals surface area contributed by atoms with Crippen LogP contribution in [0.5, 0.6) is 0 Å². The average molecular weight is 281 g/mol.